The number of nitrogens with zero attached hydrogens (tertiary/aromatic N) is 2. The van der Waals surface area contributed by atoms with Gasteiger partial charge in [-0.1, -0.05) is 43.6 Å². The first-order valence-corrected chi connectivity index (χ1v) is 11.7. The molecule has 1 aromatic heterocycles. The molecule has 2 amide bonds. The Labute approximate surface area is 191 Å². The van der Waals surface area contributed by atoms with Crippen molar-refractivity contribution < 1.29 is 9.59 Å². The molecule has 4 rings (SSSR count). The molecule has 0 aliphatic carbocycles. The van der Waals surface area contributed by atoms with Crippen molar-refractivity contribution in [1.29, 1.82) is 0 Å². The Bertz CT molecular complexity index is 1090. The van der Waals surface area contributed by atoms with Crippen LogP contribution < -0.4 is 10.2 Å². The second-order valence-electron chi connectivity index (χ2n) is 8.21. The molecular weight excluding hydrogens is 430 g/mol. The largest absolute Gasteiger partial charge is 0.368 e. The van der Waals surface area contributed by atoms with Crippen molar-refractivity contribution in [3.05, 3.63) is 58.4 Å². The van der Waals surface area contributed by atoms with Crippen molar-refractivity contribution in [2.45, 2.75) is 20.3 Å². The average Bonchev–Trinajstić information content (AvgIpc) is 3.11. The number of piperazine rings is 1. The van der Waals surface area contributed by atoms with Gasteiger partial charge in [-0.3, -0.25) is 9.59 Å². The number of benzene rings is 2. The summed E-state index contributed by atoms with van der Waals surface area (Å²) < 4.78 is 0.999. The van der Waals surface area contributed by atoms with E-state index in [4.69, 9.17) is 11.6 Å². The minimum atomic E-state index is -0.198. The molecule has 1 N–H and O–H groups in total. The molecular formula is C24H26ClN3O2S. The van der Waals surface area contributed by atoms with E-state index < -0.39 is 0 Å². The number of nitrogens with one attached hydrogen (secondary N) is 1. The smallest absolute Gasteiger partial charge is 0.267 e. The Morgan fingerprint density at radius 3 is 2.35 bits per heavy atom. The summed E-state index contributed by atoms with van der Waals surface area (Å²) in [6.45, 7) is 7.26. The number of thiophene rings is 1. The summed E-state index contributed by atoms with van der Waals surface area (Å²) in [4.78, 5) is 29.7. The van der Waals surface area contributed by atoms with E-state index in [2.05, 4.69) is 24.1 Å². The third-order valence-electron chi connectivity index (χ3n) is 5.45. The van der Waals surface area contributed by atoms with E-state index >= 15 is 0 Å². The molecule has 0 radical (unpaired) electrons. The van der Waals surface area contributed by atoms with Crippen molar-refractivity contribution in [1.82, 2.24) is 4.90 Å². The third-order valence-corrected chi connectivity index (χ3v) is 7.12. The number of fused-ring (bicyclic) bond motifs is 1. The normalized spacial score (nSPS) is 14.3. The summed E-state index contributed by atoms with van der Waals surface area (Å²) in [7, 11) is 0. The monoisotopic (exact) mass is 455 g/mol. The molecule has 1 aliphatic rings. The van der Waals surface area contributed by atoms with Crippen molar-refractivity contribution >= 4 is 56.2 Å². The van der Waals surface area contributed by atoms with Crippen LogP contribution in [0.4, 0.5) is 11.4 Å². The first-order chi connectivity index (χ1) is 14.9. The molecule has 2 aromatic carbocycles. The number of anilines is 2. The number of carbonyl (C=O) groups excluding carboxylic acids is 2. The maximum absolute atomic E-state index is 12.7. The molecule has 0 spiro atoms. The number of rotatable bonds is 5. The average molecular weight is 456 g/mol. The lowest BCUT2D eigenvalue weighted by Gasteiger charge is -2.36. The zero-order chi connectivity index (χ0) is 22.0. The Balaban J connectivity index is 1.37. The van der Waals surface area contributed by atoms with Crippen LogP contribution in [-0.4, -0.2) is 42.9 Å². The van der Waals surface area contributed by atoms with E-state index in [0.717, 1.165) is 47.6 Å². The third kappa shape index (κ3) is 4.86. The molecule has 0 unspecified atom stereocenters. The summed E-state index contributed by atoms with van der Waals surface area (Å²) in [6, 6.07) is 15.6. The standard InChI is InChI=1S/C24H26ClN3O2S/c1-16(2)15-21(29)28-13-11-27(12-14-28)18-9-7-17(8-10-18)26-24(30)23-22(25)19-5-3-4-6-20(19)31-23/h3-10,16H,11-15H2,1-2H3,(H,26,30). The fourth-order valence-electron chi connectivity index (χ4n) is 3.80. The van der Waals surface area contributed by atoms with Gasteiger partial charge in [0.15, 0.2) is 0 Å². The van der Waals surface area contributed by atoms with E-state index in [1.54, 1.807) is 0 Å². The van der Waals surface area contributed by atoms with Crippen LogP contribution in [0.1, 0.15) is 29.9 Å². The van der Waals surface area contributed by atoms with Gasteiger partial charge in [-0.2, -0.15) is 0 Å². The molecule has 1 saturated heterocycles. The van der Waals surface area contributed by atoms with E-state index in [-0.39, 0.29) is 11.8 Å². The van der Waals surface area contributed by atoms with Gasteiger partial charge in [-0.15, -0.1) is 11.3 Å². The topological polar surface area (TPSA) is 52.7 Å². The molecule has 0 bridgehead atoms. The highest BCUT2D eigenvalue weighted by molar-refractivity contribution is 7.21. The van der Waals surface area contributed by atoms with Gasteiger partial charge >= 0.3 is 0 Å². The summed E-state index contributed by atoms with van der Waals surface area (Å²) in [5, 5.41) is 4.35. The lowest BCUT2D eigenvalue weighted by Crippen LogP contribution is -2.49. The molecule has 162 valence electrons. The van der Waals surface area contributed by atoms with Gasteiger partial charge in [-0.05, 0) is 36.2 Å². The second kappa shape index (κ2) is 9.28. The van der Waals surface area contributed by atoms with E-state index in [1.807, 2.05) is 53.4 Å². The lowest BCUT2D eigenvalue weighted by atomic mass is 10.1. The molecule has 0 saturated carbocycles. The summed E-state index contributed by atoms with van der Waals surface area (Å²) in [6.07, 6.45) is 0.609. The van der Waals surface area contributed by atoms with Crippen molar-refractivity contribution in [3.8, 4) is 0 Å². The number of hydrogen-bond donors (Lipinski definition) is 1. The first kappa shape index (κ1) is 21.7. The van der Waals surface area contributed by atoms with E-state index in [0.29, 0.717) is 22.2 Å². The quantitative estimate of drug-likeness (QED) is 0.552. The lowest BCUT2D eigenvalue weighted by molar-refractivity contribution is -0.132. The van der Waals surface area contributed by atoms with Crippen LogP contribution in [0, 0.1) is 5.92 Å². The number of amides is 2. The summed E-state index contributed by atoms with van der Waals surface area (Å²) in [5.74, 6) is 0.430. The number of carbonyl (C=O) groups is 2. The molecule has 3 aromatic rings. The Morgan fingerprint density at radius 2 is 1.71 bits per heavy atom. The fourth-order valence-corrected chi connectivity index (χ4v) is 5.21. The predicted molar refractivity (Wildman–Crippen MR) is 129 cm³/mol. The van der Waals surface area contributed by atoms with Gasteiger partial charge < -0.3 is 15.1 Å². The molecule has 7 heteroatoms. The Morgan fingerprint density at radius 1 is 1.03 bits per heavy atom. The minimum absolute atomic E-state index is 0.198. The van der Waals surface area contributed by atoms with Crippen molar-refractivity contribution in [2.24, 2.45) is 5.92 Å². The van der Waals surface area contributed by atoms with Gasteiger partial charge in [-0.25, -0.2) is 0 Å². The molecule has 31 heavy (non-hydrogen) atoms. The van der Waals surface area contributed by atoms with Crippen LogP contribution in [0.3, 0.4) is 0 Å². The van der Waals surface area contributed by atoms with Gasteiger partial charge in [0, 0.05) is 54.1 Å². The van der Waals surface area contributed by atoms with Crippen LogP contribution in [0.5, 0.6) is 0 Å². The molecule has 5 nitrogen and oxygen atoms in total. The molecule has 1 aliphatic heterocycles. The second-order valence-corrected chi connectivity index (χ2v) is 9.64. The molecule has 1 fully saturated rings. The van der Waals surface area contributed by atoms with Crippen LogP contribution in [0.25, 0.3) is 10.1 Å². The predicted octanol–water partition coefficient (Wildman–Crippen LogP) is 5.50. The Kier molecular flexibility index (Phi) is 6.49. The minimum Gasteiger partial charge on any atom is -0.368 e. The highest BCUT2D eigenvalue weighted by Crippen LogP contribution is 2.35. The zero-order valence-corrected chi connectivity index (χ0v) is 19.3. The van der Waals surface area contributed by atoms with Gasteiger partial charge in [0.2, 0.25) is 5.91 Å². The molecule has 2 heterocycles. The Hall–Kier alpha value is -2.57. The maximum Gasteiger partial charge on any atom is 0.267 e. The summed E-state index contributed by atoms with van der Waals surface area (Å²) >= 11 is 7.82. The van der Waals surface area contributed by atoms with Gasteiger partial charge in [0.05, 0.1) is 5.02 Å². The highest BCUT2D eigenvalue weighted by Gasteiger charge is 2.22. The van der Waals surface area contributed by atoms with Crippen molar-refractivity contribution in [2.75, 3.05) is 36.4 Å². The van der Waals surface area contributed by atoms with Crippen LogP contribution in [0.2, 0.25) is 5.02 Å². The number of hydrogen-bond acceptors (Lipinski definition) is 4. The zero-order valence-electron chi connectivity index (χ0n) is 17.7. The van der Waals surface area contributed by atoms with Crippen LogP contribution in [0.15, 0.2) is 48.5 Å². The van der Waals surface area contributed by atoms with Gasteiger partial charge in [0.25, 0.3) is 5.91 Å². The number of halogens is 1. The van der Waals surface area contributed by atoms with Crippen molar-refractivity contribution in [3.63, 3.8) is 0 Å². The maximum atomic E-state index is 12.7. The molecule has 0 atom stereocenters. The van der Waals surface area contributed by atoms with E-state index in [9.17, 15) is 9.59 Å². The fraction of sp³-hybridized carbons (Fsp3) is 0.333. The van der Waals surface area contributed by atoms with Gasteiger partial charge in [0.1, 0.15) is 4.88 Å². The highest BCUT2D eigenvalue weighted by atomic mass is 35.5. The van der Waals surface area contributed by atoms with Crippen LogP contribution in [-0.2, 0) is 4.79 Å². The summed E-state index contributed by atoms with van der Waals surface area (Å²) in [5.41, 5.74) is 1.82. The van der Waals surface area contributed by atoms with Crippen LogP contribution >= 0.6 is 22.9 Å². The van der Waals surface area contributed by atoms with E-state index in [1.165, 1.54) is 11.3 Å². The first-order valence-electron chi connectivity index (χ1n) is 10.5. The SMILES string of the molecule is CC(C)CC(=O)N1CCN(c2ccc(NC(=O)c3sc4ccccc4c3Cl)cc2)CC1.